The summed E-state index contributed by atoms with van der Waals surface area (Å²) >= 11 is 6.09. The molecule has 0 aliphatic rings. The molecule has 0 aliphatic carbocycles. The van der Waals surface area contributed by atoms with Gasteiger partial charge >= 0.3 is 0 Å². The summed E-state index contributed by atoms with van der Waals surface area (Å²) < 4.78 is 12.0. The summed E-state index contributed by atoms with van der Waals surface area (Å²) in [4.78, 5) is 0. The SMILES string of the molecule is Clc1ccc2c(c1)oc1ccc(-c3ccc4c(c3)oc3ccccc34)cc12. The van der Waals surface area contributed by atoms with Gasteiger partial charge < -0.3 is 8.83 Å². The molecule has 128 valence electrons. The molecule has 2 nitrogen and oxygen atoms in total. The maximum absolute atomic E-state index is 6.09. The van der Waals surface area contributed by atoms with Crippen LogP contribution in [0.3, 0.4) is 0 Å². The van der Waals surface area contributed by atoms with E-state index in [9.17, 15) is 0 Å². The Hall–Kier alpha value is -3.23. The van der Waals surface area contributed by atoms with E-state index in [2.05, 4.69) is 36.4 Å². The molecule has 0 N–H and O–H groups in total. The van der Waals surface area contributed by atoms with Gasteiger partial charge in [0, 0.05) is 32.6 Å². The number of benzene rings is 4. The van der Waals surface area contributed by atoms with Gasteiger partial charge in [0.15, 0.2) is 0 Å². The quantitative estimate of drug-likeness (QED) is 0.296. The molecule has 4 aromatic carbocycles. The zero-order chi connectivity index (χ0) is 18.0. The number of hydrogen-bond donors (Lipinski definition) is 0. The van der Waals surface area contributed by atoms with E-state index in [1.165, 1.54) is 0 Å². The summed E-state index contributed by atoms with van der Waals surface area (Å²) in [5.74, 6) is 0. The van der Waals surface area contributed by atoms with Crippen molar-refractivity contribution in [2.75, 3.05) is 0 Å². The van der Waals surface area contributed by atoms with Crippen LogP contribution in [0, 0.1) is 0 Å². The van der Waals surface area contributed by atoms with Crippen LogP contribution in [0.5, 0.6) is 0 Å². The molecule has 2 heterocycles. The van der Waals surface area contributed by atoms with Gasteiger partial charge in [0.25, 0.3) is 0 Å². The average molecular weight is 369 g/mol. The molecule has 0 saturated carbocycles. The molecule has 6 rings (SSSR count). The highest BCUT2D eigenvalue weighted by molar-refractivity contribution is 6.31. The predicted molar refractivity (Wildman–Crippen MR) is 111 cm³/mol. The van der Waals surface area contributed by atoms with Crippen molar-refractivity contribution in [1.29, 1.82) is 0 Å². The summed E-state index contributed by atoms with van der Waals surface area (Å²) in [5, 5.41) is 5.12. The summed E-state index contributed by atoms with van der Waals surface area (Å²) in [7, 11) is 0. The molecule has 0 saturated heterocycles. The summed E-state index contributed by atoms with van der Waals surface area (Å²) in [6, 6.07) is 26.5. The van der Waals surface area contributed by atoms with E-state index in [1.807, 2.05) is 42.5 Å². The van der Waals surface area contributed by atoms with Gasteiger partial charge in [0.05, 0.1) is 0 Å². The third-order valence-corrected chi connectivity index (χ3v) is 5.38. The Labute approximate surface area is 159 Å². The van der Waals surface area contributed by atoms with Crippen LogP contribution in [0.15, 0.2) is 87.7 Å². The predicted octanol–water partition coefficient (Wildman–Crippen LogP) is 7.81. The molecule has 3 heteroatoms. The number of fused-ring (bicyclic) bond motifs is 6. The van der Waals surface area contributed by atoms with Crippen LogP contribution < -0.4 is 0 Å². The number of para-hydroxylation sites is 1. The second-order valence-corrected chi connectivity index (χ2v) is 7.20. The van der Waals surface area contributed by atoms with Gasteiger partial charge in [0.2, 0.25) is 0 Å². The molecule has 2 aromatic heterocycles. The zero-order valence-electron chi connectivity index (χ0n) is 14.2. The lowest BCUT2D eigenvalue weighted by Crippen LogP contribution is -1.78. The average Bonchev–Trinajstić information content (AvgIpc) is 3.24. The van der Waals surface area contributed by atoms with Crippen LogP contribution in [-0.2, 0) is 0 Å². The van der Waals surface area contributed by atoms with Gasteiger partial charge in [-0.2, -0.15) is 0 Å². The van der Waals surface area contributed by atoms with E-state index in [0.717, 1.165) is 55.0 Å². The standard InChI is InChI=1S/C24H13ClO2/c25-16-7-9-19-20-11-14(6-10-22(20)27-24(19)13-16)15-5-8-18-17-3-1-2-4-21(17)26-23(18)12-15/h1-13H. The number of rotatable bonds is 1. The van der Waals surface area contributed by atoms with Crippen LogP contribution in [0.4, 0.5) is 0 Å². The van der Waals surface area contributed by atoms with E-state index in [0.29, 0.717) is 5.02 Å². The van der Waals surface area contributed by atoms with Gasteiger partial charge in [-0.15, -0.1) is 0 Å². The fourth-order valence-corrected chi connectivity index (χ4v) is 4.00. The van der Waals surface area contributed by atoms with Crippen molar-refractivity contribution in [1.82, 2.24) is 0 Å². The largest absolute Gasteiger partial charge is 0.456 e. The number of furan rings is 2. The Morgan fingerprint density at radius 1 is 0.481 bits per heavy atom. The van der Waals surface area contributed by atoms with Crippen LogP contribution in [0.2, 0.25) is 5.02 Å². The molecule has 27 heavy (non-hydrogen) atoms. The first-order valence-corrected chi connectivity index (χ1v) is 9.17. The first kappa shape index (κ1) is 14.9. The number of halogens is 1. The van der Waals surface area contributed by atoms with Gasteiger partial charge in [-0.05, 0) is 53.6 Å². The van der Waals surface area contributed by atoms with Crippen molar-refractivity contribution < 1.29 is 8.83 Å². The van der Waals surface area contributed by atoms with Gasteiger partial charge in [0.1, 0.15) is 22.3 Å². The van der Waals surface area contributed by atoms with Crippen LogP contribution >= 0.6 is 11.6 Å². The van der Waals surface area contributed by atoms with Crippen molar-refractivity contribution in [3.8, 4) is 11.1 Å². The topological polar surface area (TPSA) is 26.3 Å². The molecule has 0 spiro atoms. The van der Waals surface area contributed by atoms with Crippen LogP contribution in [0.25, 0.3) is 55.0 Å². The second kappa shape index (κ2) is 5.38. The smallest absolute Gasteiger partial charge is 0.136 e. The second-order valence-electron chi connectivity index (χ2n) is 6.76. The van der Waals surface area contributed by atoms with E-state index in [4.69, 9.17) is 20.4 Å². The lowest BCUT2D eigenvalue weighted by molar-refractivity contribution is 0.669. The molecule has 0 unspecified atom stereocenters. The van der Waals surface area contributed by atoms with Crippen LogP contribution in [-0.4, -0.2) is 0 Å². The Kier molecular flexibility index (Phi) is 2.97. The zero-order valence-corrected chi connectivity index (χ0v) is 15.0. The van der Waals surface area contributed by atoms with Crippen molar-refractivity contribution in [2.45, 2.75) is 0 Å². The third-order valence-electron chi connectivity index (χ3n) is 5.15. The normalized spacial score (nSPS) is 11.9. The minimum absolute atomic E-state index is 0.678. The highest BCUT2D eigenvalue weighted by Gasteiger charge is 2.11. The Bertz CT molecular complexity index is 1490. The molecule has 0 atom stereocenters. The minimum atomic E-state index is 0.678. The lowest BCUT2D eigenvalue weighted by atomic mass is 10.0. The minimum Gasteiger partial charge on any atom is -0.456 e. The van der Waals surface area contributed by atoms with Crippen molar-refractivity contribution in [2.24, 2.45) is 0 Å². The monoisotopic (exact) mass is 368 g/mol. The highest BCUT2D eigenvalue weighted by atomic mass is 35.5. The number of hydrogen-bond acceptors (Lipinski definition) is 2. The third kappa shape index (κ3) is 2.20. The molecular formula is C24H13ClO2. The Balaban J connectivity index is 1.57. The molecule has 0 radical (unpaired) electrons. The van der Waals surface area contributed by atoms with Crippen molar-refractivity contribution in [3.05, 3.63) is 83.9 Å². The van der Waals surface area contributed by atoms with Gasteiger partial charge in [-0.1, -0.05) is 41.9 Å². The fourth-order valence-electron chi connectivity index (χ4n) is 3.84. The van der Waals surface area contributed by atoms with Crippen LogP contribution in [0.1, 0.15) is 0 Å². The fraction of sp³-hybridized carbons (Fsp3) is 0. The van der Waals surface area contributed by atoms with Crippen molar-refractivity contribution >= 4 is 55.5 Å². The van der Waals surface area contributed by atoms with Crippen molar-refractivity contribution in [3.63, 3.8) is 0 Å². The van der Waals surface area contributed by atoms with Gasteiger partial charge in [-0.3, -0.25) is 0 Å². The van der Waals surface area contributed by atoms with E-state index in [1.54, 1.807) is 0 Å². The molecular weight excluding hydrogens is 356 g/mol. The first-order valence-electron chi connectivity index (χ1n) is 8.80. The molecule has 0 fully saturated rings. The molecule has 0 bridgehead atoms. The maximum atomic E-state index is 6.09. The molecule has 0 aliphatic heterocycles. The molecule has 6 aromatic rings. The maximum Gasteiger partial charge on any atom is 0.136 e. The highest BCUT2D eigenvalue weighted by Crippen LogP contribution is 2.36. The Morgan fingerprint density at radius 3 is 2.04 bits per heavy atom. The first-order chi connectivity index (χ1) is 13.3. The summed E-state index contributed by atoms with van der Waals surface area (Å²) in [6.45, 7) is 0. The summed E-state index contributed by atoms with van der Waals surface area (Å²) in [6.07, 6.45) is 0. The van der Waals surface area contributed by atoms with E-state index in [-0.39, 0.29) is 0 Å². The van der Waals surface area contributed by atoms with E-state index < -0.39 is 0 Å². The Morgan fingerprint density at radius 2 is 1.11 bits per heavy atom. The molecule has 0 amide bonds. The van der Waals surface area contributed by atoms with E-state index >= 15 is 0 Å². The summed E-state index contributed by atoms with van der Waals surface area (Å²) in [5.41, 5.74) is 5.73. The lowest BCUT2D eigenvalue weighted by Gasteiger charge is -2.02. The van der Waals surface area contributed by atoms with Gasteiger partial charge in [-0.25, -0.2) is 0 Å².